The Morgan fingerprint density at radius 1 is 1.44 bits per heavy atom. The minimum absolute atomic E-state index is 0.580. The van der Waals surface area contributed by atoms with E-state index >= 15 is 0 Å². The molecule has 0 aliphatic heterocycles. The summed E-state index contributed by atoms with van der Waals surface area (Å²) in [6, 6.07) is 5.60. The Balaban J connectivity index is 2.15. The Labute approximate surface area is 96.3 Å². The highest BCUT2D eigenvalue weighted by Gasteiger charge is 1.94. The normalized spacial score (nSPS) is 9.75. The summed E-state index contributed by atoms with van der Waals surface area (Å²) >= 11 is 0. The Morgan fingerprint density at radius 2 is 2.31 bits per heavy atom. The van der Waals surface area contributed by atoms with Gasteiger partial charge in [-0.25, -0.2) is 4.98 Å². The van der Waals surface area contributed by atoms with Gasteiger partial charge in [-0.05, 0) is 25.0 Å². The maximum atomic E-state index is 8.60. The Hall–Kier alpha value is -1.60. The molecule has 1 heterocycles. The number of hydrogen-bond donors (Lipinski definition) is 1. The molecule has 1 aromatic rings. The Kier molecular flexibility index (Phi) is 5.97. The molecule has 86 valence electrons. The SMILES string of the molecule is CCCOCCCNc1ccc(C#N)cn1. The predicted molar refractivity (Wildman–Crippen MR) is 63.2 cm³/mol. The van der Waals surface area contributed by atoms with Crippen molar-refractivity contribution in [2.24, 2.45) is 0 Å². The molecule has 0 spiro atoms. The number of nitriles is 1. The number of anilines is 1. The van der Waals surface area contributed by atoms with Gasteiger partial charge in [-0.15, -0.1) is 0 Å². The molecule has 0 atom stereocenters. The van der Waals surface area contributed by atoms with Gasteiger partial charge in [0.2, 0.25) is 0 Å². The van der Waals surface area contributed by atoms with E-state index in [0.29, 0.717) is 5.56 Å². The topological polar surface area (TPSA) is 57.9 Å². The van der Waals surface area contributed by atoms with E-state index in [-0.39, 0.29) is 0 Å². The summed E-state index contributed by atoms with van der Waals surface area (Å²) in [5, 5.41) is 11.8. The van der Waals surface area contributed by atoms with Gasteiger partial charge in [0.15, 0.2) is 0 Å². The highest BCUT2D eigenvalue weighted by Crippen LogP contribution is 2.03. The molecular formula is C12H17N3O. The van der Waals surface area contributed by atoms with Crippen LogP contribution < -0.4 is 5.32 Å². The number of pyridine rings is 1. The van der Waals surface area contributed by atoms with Crippen molar-refractivity contribution in [1.82, 2.24) is 4.98 Å². The van der Waals surface area contributed by atoms with E-state index in [1.165, 1.54) is 0 Å². The first-order valence-corrected chi connectivity index (χ1v) is 5.54. The van der Waals surface area contributed by atoms with Crippen molar-refractivity contribution in [1.29, 1.82) is 5.26 Å². The third-order valence-electron chi connectivity index (χ3n) is 2.01. The van der Waals surface area contributed by atoms with Crippen molar-refractivity contribution >= 4 is 5.82 Å². The van der Waals surface area contributed by atoms with Crippen LogP contribution in [0.5, 0.6) is 0 Å². The van der Waals surface area contributed by atoms with Crippen LogP contribution in [0.1, 0.15) is 25.3 Å². The summed E-state index contributed by atoms with van der Waals surface area (Å²) in [5.41, 5.74) is 0.580. The molecule has 0 bridgehead atoms. The lowest BCUT2D eigenvalue weighted by atomic mass is 10.3. The molecular weight excluding hydrogens is 202 g/mol. The van der Waals surface area contributed by atoms with Crippen LogP contribution in [0.15, 0.2) is 18.3 Å². The number of nitrogens with one attached hydrogen (secondary N) is 1. The van der Waals surface area contributed by atoms with Crippen LogP contribution in [0.4, 0.5) is 5.82 Å². The Morgan fingerprint density at radius 3 is 2.94 bits per heavy atom. The first-order valence-electron chi connectivity index (χ1n) is 5.54. The summed E-state index contributed by atoms with van der Waals surface area (Å²) in [6.07, 6.45) is 3.59. The molecule has 0 aliphatic carbocycles. The van der Waals surface area contributed by atoms with E-state index in [1.54, 1.807) is 12.3 Å². The van der Waals surface area contributed by atoms with Crippen LogP contribution in [-0.4, -0.2) is 24.7 Å². The van der Waals surface area contributed by atoms with E-state index in [9.17, 15) is 0 Å². The number of hydrogen-bond acceptors (Lipinski definition) is 4. The fourth-order valence-corrected chi connectivity index (χ4v) is 1.20. The summed E-state index contributed by atoms with van der Waals surface area (Å²) in [4.78, 5) is 4.11. The molecule has 0 aromatic carbocycles. The zero-order chi connectivity index (χ0) is 11.6. The zero-order valence-electron chi connectivity index (χ0n) is 9.57. The third-order valence-corrected chi connectivity index (χ3v) is 2.01. The zero-order valence-corrected chi connectivity index (χ0v) is 9.57. The fraction of sp³-hybridized carbons (Fsp3) is 0.500. The van der Waals surface area contributed by atoms with Gasteiger partial charge in [-0.2, -0.15) is 5.26 Å². The highest BCUT2D eigenvalue weighted by molar-refractivity contribution is 5.38. The van der Waals surface area contributed by atoms with Gasteiger partial charge in [0.05, 0.1) is 5.56 Å². The molecule has 0 radical (unpaired) electrons. The first kappa shape index (κ1) is 12.5. The maximum Gasteiger partial charge on any atom is 0.125 e. The standard InChI is InChI=1S/C12H17N3O/c1-2-7-16-8-3-6-14-12-5-4-11(9-13)10-15-12/h4-5,10H,2-3,6-8H2,1H3,(H,14,15). The summed E-state index contributed by atoms with van der Waals surface area (Å²) < 4.78 is 5.35. The lowest BCUT2D eigenvalue weighted by Gasteiger charge is -2.05. The summed E-state index contributed by atoms with van der Waals surface area (Å²) in [6.45, 7) is 4.54. The lowest BCUT2D eigenvalue weighted by Crippen LogP contribution is -2.07. The number of rotatable bonds is 7. The molecule has 0 unspecified atom stereocenters. The van der Waals surface area contributed by atoms with E-state index in [0.717, 1.165) is 38.4 Å². The van der Waals surface area contributed by atoms with Gasteiger partial charge in [0.1, 0.15) is 11.9 Å². The van der Waals surface area contributed by atoms with E-state index in [2.05, 4.69) is 17.2 Å². The van der Waals surface area contributed by atoms with Gasteiger partial charge in [-0.3, -0.25) is 0 Å². The van der Waals surface area contributed by atoms with Gasteiger partial charge < -0.3 is 10.1 Å². The Bertz CT molecular complexity index is 329. The molecule has 0 amide bonds. The van der Waals surface area contributed by atoms with Gasteiger partial charge in [0.25, 0.3) is 0 Å². The van der Waals surface area contributed by atoms with Crippen molar-refractivity contribution in [3.8, 4) is 6.07 Å². The monoisotopic (exact) mass is 219 g/mol. The van der Waals surface area contributed by atoms with Crippen molar-refractivity contribution in [2.75, 3.05) is 25.1 Å². The molecule has 4 heteroatoms. The van der Waals surface area contributed by atoms with Gasteiger partial charge in [0, 0.05) is 26.0 Å². The maximum absolute atomic E-state index is 8.60. The average Bonchev–Trinajstić information content (AvgIpc) is 2.34. The summed E-state index contributed by atoms with van der Waals surface area (Å²) in [7, 11) is 0. The predicted octanol–water partition coefficient (Wildman–Crippen LogP) is 2.18. The molecule has 16 heavy (non-hydrogen) atoms. The second-order valence-electron chi connectivity index (χ2n) is 3.44. The lowest BCUT2D eigenvalue weighted by molar-refractivity contribution is 0.134. The number of nitrogens with zero attached hydrogens (tertiary/aromatic N) is 2. The van der Waals surface area contributed by atoms with Crippen molar-refractivity contribution < 1.29 is 4.74 Å². The number of ether oxygens (including phenoxy) is 1. The first-order chi connectivity index (χ1) is 7.86. The molecule has 4 nitrogen and oxygen atoms in total. The molecule has 0 fully saturated rings. The molecule has 1 aromatic heterocycles. The van der Waals surface area contributed by atoms with Crippen LogP contribution in [0, 0.1) is 11.3 Å². The molecule has 0 saturated carbocycles. The minimum Gasteiger partial charge on any atom is -0.381 e. The quantitative estimate of drug-likeness (QED) is 0.714. The second-order valence-corrected chi connectivity index (χ2v) is 3.44. The van der Waals surface area contributed by atoms with Crippen molar-refractivity contribution in [2.45, 2.75) is 19.8 Å². The molecule has 0 saturated heterocycles. The van der Waals surface area contributed by atoms with Crippen molar-refractivity contribution in [3.63, 3.8) is 0 Å². The molecule has 1 rings (SSSR count). The van der Waals surface area contributed by atoms with Crippen molar-refractivity contribution in [3.05, 3.63) is 23.9 Å². The highest BCUT2D eigenvalue weighted by atomic mass is 16.5. The average molecular weight is 219 g/mol. The largest absolute Gasteiger partial charge is 0.381 e. The third kappa shape index (κ3) is 4.76. The van der Waals surface area contributed by atoms with E-state index < -0.39 is 0 Å². The van der Waals surface area contributed by atoms with Crippen LogP contribution in [-0.2, 0) is 4.74 Å². The molecule has 1 N–H and O–H groups in total. The van der Waals surface area contributed by atoms with Gasteiger partial charge >= 0.3 is 0 Å². The van der Waals surface area contributed by atoms with Crippen LogP contribution in [0.25, 0.3) is 0 Å². The van der Waals surface area contributed by atoms with E-state index in [1.807, 2.05) is 12.1 Å². The van der Waals surface area contributed by atoms with Crippen LogP contribution in [0.3, 0.4) is 0 Å². The van der Waals surface area contributed by atoms with E-state index in [4.69, 9.17) is 10.00 Å². The summed E-state index contributed by atoms with van der Waals surface area (Å²) in [5.74, 6) is 0.800. The smallest absolute Gasteiger partial charge is 0.125 e. The van der Waals surface area contributed by atoms with Crippen LogP contribution in [0.2, 0.25) is 0 Å². The second kappa shape index (κ2) is 7.66. The number of aromatic nitrogens is 1. The fourth-order valence-electron chi connectivity index (χ4n) is 1.20. The minimum atomic E-state index is 0.580. The molecule has 0 aliphatic rings. The van der Waals surface area contributed by atoms with Crippen LogP contribution >= 0.6 is 0 Å². The van der Waals surface area contributed by atoms with Gasteiger partial charge in [-0.1, -0.05) is 6.92 Å².